The quantitative estimate of drug-likeness (QED) is 0.627. The fourth-order valence-corrected chi connectivity index (χ4v) is 3.19. The van der Waals surface area contributed by atoms with Crippen molar-refractivity contribution >= 4 is 5.78 Å². The van der Waals surface area contributed by atoms with Crippen molar-refractivity contribution in [1.29, 1.82) is 0 Å². The molecule has 106 valence electrons. The number of unbranched alkanes of at least 4 members (excludes halogenated alkanes) is 4. The number of hydrogen-bond acceptors (Lipinski definition) is 2. The molecule has 0 spiro atoms. The largest absolute Gasteiger partial charge is 0.316 e. The average molecular weight is 253 g/mol. The Morgan fingerprint density at radius 3 is 2.50 bits per heavy atom. The van der Waals surface area contributed by atoms with Gasteiger partial charge in [0.2, 0.25) is 0 Å². The third-order valence-corrected chi connectivity index (χ3v) is 4.30. The number of carbonyl (C=O) groups is 1. The summed E-state index contributed by atoms with van der Waals surface area (Å²) in [5.74, 6) is 0.535. The SMILES string of the molecule is CCCCCCCC(=O)C1(CCC)CCCNC1. The zero-order valence-electron chi connectivity index (χ0n) is 12.4. The first-order valence-electron chi connectivity index (χ1n) is 7.99. The molecular weight excluding hydrogens is 222 g/mol. The minimum atomic E-state index is -0.0161. The molecule has 0 aromatic rings. The molecule has 1 unspecified atom stereocenters. The maximum Gasteiger partial charge on any atom is 0.140 e. The number of piperidine rings is 1. The van der Waals surface area contributed by atoms with Crippen molar-refractivity contribution in [3.05, 3.63) is 0 Å². The highest BCUT2D eigenvalue weighted by Crippen LogP contribution is 2.34. The van der Waals surface area contributed by atoms with Crippen LogP contribution in [0.4, 0.5) is 0 Å². The molecule has 1 N–H and O–H groups in total. The van der Waals surface area contributed by atoms with E-state index < -0.39 is 0 Å². The van der Waals surface area contributed by atoms with E-state index in [0.29, 0.717) is 5.78 Å². The molecule has 0 aliphatic carbocycles. The standard InChI is InChI=1S/C16H31NO/c1-3-5-6-7-8-10-15(18)16(11-4-2)12-9-13-17-14-16/h17H,3-14H2,1-2H3. The lowest BCUT2D eigenvalue weighted by molar-refractivity contribution is -0.130. The zero-order valence-corrected chi connectivity index (χ0v) is 12.4. The molecular formula is C16H31NO. The molecule has 2 nitrogen and oxygen atoms in total. The predicted octanol–water partition coefficient (Wildman–Crippen LogP) is 4.09. The number of Topliss-reactive ketones (excluding diaryl/α,β-unsaturated/α-hetero) is 1. The molecule has 0 saturated carbocycles. The molecule has 1 fully saturated rings. The maximum atomic E-state index is 12.5. The highest BCUT2D eigenvalue weighted by molar-refractivity contribution is 5.85. The molecule has 1 heterocycles. The lowest BCUT2D eigenvalue weighted by Gasteiger charge is -2.36. The van der Waals surface area contributed by atoms with Gasteiger partial charge in [0.25, 0.3) is 0 Å². The summed E-state index contributed by atoms with van der Waals surface area (Å²) in [7, 11) is 0. The normalized spacial score (nSPS) is 24.1. The fourth-order valence-electron chi connectivity index (χ4n) is 3.19. The molecule has 1 rings (SSSR count). The van der Waals surface area contributed by atoms with Crippen LogP contribution >= 0.6 is 0 Å². The number of ketones is 1. The van der Waals surface area contributed by atoms with Crippen molar-refractivity contribution < 1.29 is 4.79 Å². The molecule has 1 atom stereocenters. The molecule has 1 aliphatic heterocycles. The van der Waals surface area contributed by atoms with E-state index in [1.807, 2.05) is 0 Å². The van der Waals surface area contributed by atoms with Gasteiger partial charge < -0.3 is 5.32 Å². The third-order valence-electron chi connectivity index (χ3n) is 4.30. The second-order valence-electron chi connectivity index (χ2n) is 5.90. The van der Waals surface area contributed by atoms with Gasteiger partial charge in [-0.05, 0) is 32.2 Å². The van der Waals surface area contributed by atoms with Crippen LogP contribution in [0.25, 0.3) is 0 Å². The van der Waals surface area contributed by atoms with E-state index in [4.69, 9.17) is 0 Å². The van der Waals surface area contributed by atoms with Crippen LogP contribution in [-0.4, -0.2) is 18.9 Å². The van der Waals surface area contributed by atoms with E-state index in [9.17, 15) is 4.79 Å². The maximum absolute atomic E-state index is 12.5. The van der Waals surface area contributed by atoms with Gasteiger partial charge in [-0.25, -0.2) is 0 Å². The molecule has 0 aromatic carbocycles. The van der Waals surface area contributed by atoms with E-state index in [0.717, 1.165) is 45.2 Å². The van der Waals surface area contributed by atoms with E-state index in [-0.39, 0.29) is 5.41 Å². The van der Waals surface area contributed by atoms with Crippen LogP contribution in [-0.2, 0) is 4.79 Å². The van der Waals surface area contributed by atoms with Gasteiger partial charge in [0, 0.05) is 18.4 Å². The number of carbonyl (C=O) groups excluding carboxylic acids is 1. The molecule has 0 bridgehead atoms. The van der Waals surface area contributed by atoms with Gasteiger partial charge in [-0.2, -0.15) is 0 Å². The Balaban J connectivity index is 2.35. The lowest BCUT2D eigenvalue weighted by Crippen LogP contribution is -2.45. The van der Waals surface area contributed by atoms with E-state index >= 15 is 0 Å². The van der Waals surface area contributed by atoms with E-state index in [1.54, 1.807) is 0 Å². The van der Waals surface area contributed by atoms with Crippen molar-refractivity contribution in [2.75, 3.05) is 13.1 Å². The predicted molar refractivity (Wildman–Crippen MR) is 77.8 cm³/mol. The highest BCUT2D eigenvalue weighted by atomic mass is 16.1. The Morgan fingerprint density at radius 2 is 1.89 bits per heavy atom. The fraction of sp³-hybridized carbons (Fsp3) is 0.938. The van der Waals surface area contributed by atoms with E-state index in [1.165, 1.54) is 32.1 Å². The molecule has 1 saturated heterocycles. The van der Waals surface area contributed by atoms with Crippen LogP contribution in [0, 0.1) is 5.41 Å². The molecule has 18 heavy (non-hydrogen) atoms. The summed E-state index contributed by atoms with van der Waals surface area (Å²) in [4.78, 5) is 12.5. The first kappa shape index (κ1) is 15.7. The minimum Gasteiger partial charge on any atom is -0.316 e. The Morgan fingerprint density at radius 1 is 1.11 bits per heavy atom. The smallest absolute Gasteiger partial charge is 0.140 e. The van der Waals surface area contributed by atoms with Crippen molar-refractivity contribution in [3.8, 4) is 0 Å². The summed E-state index contributed by atoms with van der Waals surface area (Å²) in [6, 6.07) is 0. The number of hydrogen-bond donors (Lipinski definition) is 1. The molecule has 2 heteroatoms. The summed E-state index contributed by atoms with van der Waals surface area (Å²) in [5.41, 5.74) is -0.0161. The number of rotatable bonds is 9. The van der Waals surface area contributed by atoms with Crippen molar-refractivity contribution in [3.63, 3.8) is 0 Å². The Labute approximate surface area is 113 Å². The van der Waals surface area contributed by atoms with Crippen molar-refractivity contribution in [2.45, 2.75) is 78.1 Å². The highest BCUT2D eigenvalue weighted by Gasteiger charge is 2.37. The van der Waals surface area contributed by atoms with Crippen LogP contribution < -0.4 is 5.32 Å². The second-order valence-corrected chi connectivity index (χ2v) is 5.90. The third kappa shape index (κ3) is 4.72. The molecule has 0 amide bonds. The van der Waals surface area contributed by atoms with Gasteiger partial charge in [-0.15, -0.1) is 0 Å². The van der Waals surface area contributed by atoms with Crippen molar-refractivity contribution in [2.24, 2.45) is 5.41 Å². The summed E-state index contributed by atoms with van der Waals surface area (Å²) in [5, 5.41) is 3.43. The van der Waals surface area contributed by atoms with Gasteiger partial charge in [0.05, 0.1) is 0 Å². The average Bonchev–Trinajstić information content (AvgIpc) is 2.39. The van der Waals surface area contributed by atoms with Crippen molar-refractivity contribution in [1.82, 2.24) is 5.32 Å². The first-order valence-corrected chi connectivity index (χ1v) is 7.99. The van der Waals surface area contributed by atoms with Crippen LogP contribution in [0.1, 0.15) is 78.1 Å². The van der Waals surface area contributed by atoms with Crippen LogP contribution in [0.5, 0.6) is 0 Å². The molecule has 1 aliphatic rings. The van der Waals surface area contributed by atoms with Gasteiger partial charge in [0.1, 0.15) is 5.78 Å². The minimum absolute atomic E-state index is 0.0161. The summed E-state index contributed by atoms with van der Waals surface area (Å²) in [6.07, 6.45) is 11.5. The Bertz CT molecular complexity index is 226. The second kappa shape index (κ2) is 8.68. The Kier molecular flexibility index (Phi) is 7.57. The van der Waals surface area contributed by atoms with Gasteiger partial charge in [0.15, 0.2) is 0 Å². The summed E-state index contributed by atoms with van der Waals surface area (Å²) >= 11 is 0. The van der Waals surface area contributed by atoms with Crippen LogP contribution in [0.15, 0.2) is 0 Å². The monoisotopic (exact) mass is 253 g/mol. The summed E-state index contributed by atoms with van der Waals surface area (Å²) in [6.45, 7) is 6.45. The topological polar surface area (TPSA) is 29.1 Å². The van der Waals surface area contributed by atoms with Gasteiger partial charge >= 0.3 is 0 Å². The first-order chi connectivity index (χ1) is 8.75. The molecule has 0 aromatic heterocycles. The lowest BCUT2D eigenvalue weighted by atomic mass is 9.72. The zero-order chi connectivity index (χ0) is 13.3. The molecule has 0 radical (unpaired) electrons. The van der Waals surface area contributed by atoms with Crippen LogP contribution in [0.2, 0.25) is 0 Å². The van der Waals surface area contributed by atoms with Gasteiger partial charge in [-0.3, -0.25) is 4.79 Å². The summed E-state index contributed by atoms with van der Waals surface area (Å²) < 4.78 is 0. The van der Waals surface area contributed by atoms with Crippen LogP contribution in [0.3, 0.4) is 0 Å². The number of nitrogens with one attached hydrogen (secondary N) is 1. The van der Waals surface area contributed by atoms with E-state index in [2.05, 4.69) is 19.2 Å². The van der Waals surface area contributed by atoms with Gasteiger partial charge in [-0.1, -0.05) is 46.0 Å². The Hall–Kier alpha value is -0.370.